The molecular formula is C84H64BBr2IN6O2. The summed E-state index contributed by atoms with van der Waals surface area (Å²) in [4.78, 5) is 29.6. The molecule has 14 aromatic rings. The summed E-state index contributed by atoms with van der Waals surface area (Å²) in [6.45, 7) is 8.29. The standard InChI is InChI=1S/C39H34BN3O2.C39H26BrN3.C6H4BrI/c1-38(2)39(3,4)45-40(44-38)34-24-22-29(23-25-34)32-16-11-17-33(26-32)37-42-35(30-14-9-6-10-15-30)41-36(43-37)31-20-18-28(19-21-31)27-12-7-5-8-13-27;40-36-24-22-30(23-25-36)29-14-16-31(17-15-29)34-12-7-13-35(26-34)39-42-37(32-10-5-2-6-11-32)41-38(43-39)33-20-18-28(19-21-33)27-8-3-1-4-9-27;7-5-1-3-6(8)4-2-5/h5-26H,1-4H3;1-26H;1-4H. The molecule has 0 N–H and O–H groups in total. The van der Waals surface area contributed by atoms with Gasteiger partial charge < -0.3 is 9.31 Å². The third kappa shape index (κ3) is 15.7. The third-order valence-electron chi connectivity index (χ3n) is 17.0. The van der Waals surface area contributed by atoms with Gasteiger partial charge in [0.2, 0.25) is 0 Å². The number of benzene rings is 12. The molecule has 0 saturated carbocycles. The minimum atomic E-state index is -0.391. The molecule has 0 unspecified atom stereocenters. The number of rotatable bonds is 12. The Morgan fingerprint density at radius 2 is 0.469 bits per heavy atom. The summed E-state index contributed by atoms with van der Waals surface area (Å²) in [6, 6.07) is 108. The lowest BCUT2D eigenvalue weighted by molar-refractivity contribution is 0.00578. The van der Waals surface area contributed by atoms with Gasteiger partial charge in [0.15, 0.2) is 34.9 Å². The zero-order valence-corrected chi connectivity index (χ0v) is 58.6. The maximum atomic E-state index is 6.25. The van der Waals surface area contributed by atoms with Crippen molar-refractivity contribution < 1.29 is 9.31 Å². The highest BCUT2D eigenvalue weighted by atomic mass is 127. The molecule has 1 aliphatic rings. The number of halogens is 3. The smallest absolute Gasteiger partial charge is 0.399 e. The van der Waals surface area contributed by atoms with E-state index >= 15 is 0 Å². The van der Waals surface area contributed by atoms with E-state index in [4.69, 9.17) is 39.2 Å². The van der Waals surface area contributed by atoms with Crippen LogP contribution in [0.25, 0.3) is 124 Å². The Balaban J connectivity index is 0.000000155. The van der Waals surface area contributed by atoms with Crippen LogP contribution in [0.15, 0.2) is 324 Å². The molecule has 0 atom stereocenters. The average molecular weight is 1490 g/mol. The lowest BCUT2D eigenvalue weighted by Crippen LogP contribution is -2.41. The van der Waals surface area contributed by atoms with Crippen LogP contribution in [0.5, 0.6) is 0 Å². The fourth-order valence-corrected chi connectivity index (χ4v) is 11.9. The summed E-state index contributed by atoms with van der Waals surface area (Å²) >= 11 is 9.14. The summed E-state index contributed by atoms with van der Waals surface area (Å²) in [5.74, 6) is 3.84. The topological polar surface area (TPSA) is 95.8 Å². The molecule has 0 aliphatic carbocycles. The van der Waals surface area contributed by atoms with Gasteiger partial charge in [0.05, 0.1) is 11.2 Å². The van der Waals surface area contributed by atoms with Crippen LogP contribution in [0.1, 0.15) is 27.7 Å². The van der Waals surface area contributed by atoms with E-state index < -0.39 is 7.12 Å². The van der Waals surface area contributed by atoms with E-state index in [0.29, 0.717) is 34.9 Å². The number of hydrogen-bond donors (Lipinski definition) is 0. The van der Waals surface area contributed by atoms with Gasteiger partial charge in [-0.1, -0.05) is 299 Å². The van der Waals surface area contributed by atoms with E-state index in [9.17, 15) is 0 Å². The van der Waals surface area contributed by atoms with Crippen LogP contribution in [-0.4, -0.2) is 48.2 Å². The zero-order valence-electron chi connectivity index (χ0n) is 53.2. The van der Waals surface area contributed by atoms with Gasteiger partial charge in [-0.15, -0.1) is 0 Å². The predicted octanol–water partition coefficient (Wildman–Crippen LogP) is 22.2. The minimum Gasteiger partial charge on any atom is -0.399 e. The first-order chi connectivity index (χ1) is 46.7. The fourth-order valence-electron chi connectivity index (χ4n) is 11.0. The SMILES string of the molecule is Brc1ccc(-c2ccc(-c3cccc(-c4nc(-c5ccccc5)nc(-c5ccc(-c6ccccc6)cc5)n4)c3)cc2)cc1.Brc1ccc(I)cc1.CC1(C)OB(c2ccc(-c3cccc(-c4nc(-c5ccccc5)nc(-c5ccc(-c6ccccc6)cc5)n4)c3)cc2)OC1(C)C. The molecule has 8 nitrogen and oxygen atoms in total. The van der Waals surface area contributed by atoms with Crippen molar-refractivity contribution in [1.29, 1.82) is 0 Å². The Kier molecular flexibility index (Phi) is 20.0. The summed E-state index contributed by atoms with van der Waals surface area (Å²) < 4.78 is 16.0. The molecule has 1 fully saturated rings. The lowest BCUT2D eigenvalue weighted by atomic mass is 9.78. The second kappa shape index (κ2) is 29.5. The van der Waals surface area contributed by atoms with Gasteiger partial charge in [-0.2, -0.15) is 0 Å². The van der Waals surface area contributed by atoms with Crippen LogP contribution < -0.4 is 5.46 Å². The Labute approximate surface area is 592 Å². The number of aromatic nitrogens is 6. The molecule has 1 saturated heterocycles. The van der Waals surface area contributed by atoms with E-state index in [2.05, 4.69) is 307 Å². The molecule has 0 radical (unpaired) electrons. The summed E-state index contributed by atoms with van der Waals surface area (Å²) in [5.41, 5.74) is 17.3. The summed E-state index contributed by atoms with van der Waals surface area (Å²) in [6.07, 6.45) is 0. The van der Waals surface area contributed by atoms with Crippen molar-refractivity contribution in [2.24, 2.45) is 0 Å². The van der Waals surface area contributed by atoms with Gasteiger partial charge >= 0.3 is 7.12 Å². The first-order valence-electron chi connectivity index (χ1n) is 31.6. The highest BCUT2D eigenvalue weighted by Gasteiger charge is 2.51. The normalized spacial score (nSPS) is 12.8. The molecule has 12 heteroatoms. The van der Waals surface area contributed by atoms with Crippen molar-refractivity contribution in [1.82, 2.24) is 29.9 Å². The van der Waals surface area contributed by atoms with Crippen molar-refractivity contribution in [2.75, 3.05) is 0 Å². The Bertz CT molecular complexity index is 4890. The first-order valence-corrected chi connectivity index (χ1v) is 34.3. The molecule has 0 bridgehead atoms. The van der Waals surface area contributed by atoms with Crippen LogP contribution >= 0.6 is 54.5 Å². The molecule has 0 spiro atoms. The van der Waals surface area contributed by atoms with Crippen molar-refractivity contribution in [2.45, 2.75) is 38.9 Å². The highest BCUT2D eigenvalue weighted by Crippen LogP contribution is 2.38. The van der Waals surface area contributed by atoms with Crippen molar-refractivity contribution in [3.8, 4) is 124 Å². The quantitative estimate of drug-likeness (QED) is 0.0882. The van der Waals surface area contributed by atoms with Crippen molar-refractivity contribution in [3.05, 3.63) is 328 Å². The van der Waals surface area contributed by atoms with Gasteiger partial charge in [0, 0.05) is 45.9 Å². The van der Waals surface area contributed by atoms with E-state index in [1.807, 2.05) is 91.0 Å². The maximum absolute atomic E-state index is 6.25. The molecule has 15 rings (SSSR count). The highest BCUT2D eigenvalue weighted by molar-refractivity contribution is 14.1. The van der Waals surface area contributed by atoms with Crippen molar-refractivity contribution in [3.63, 3.8) is 0 Å². The first kappa shape index (κ1) is 65.0. The van der Waals surface area contributed by atoms with Gasteiger partial charge in [0.1, 0.15) is 0 Å². The molecule has 12 aromatic carbocycles. The van der Waals surface area contributed by atoms with Gasteiger partial charge in [-0.05, 0) is 160 Å². The van der Waals surface area contributed by atoms with Crippen LogP contribution in [0, 0.1) is 3.57 Å². The number of nitrogens with zero attached hydrogens (tertiary/aromatic N) is 6. The monoisotopic (exact) mass is 1480 g/mol. The minimum absolute atomic E-state index is 0.378. The largest absolute Gasteiger partial charge is 0.494 e. The van der Waals surface area contributed by atoms with Gasteiger partial charge in [-0.3, -0.25) is 0 Å². The van der Waals surface area contributed by atoms with E-state index in [0.717, 1.165) is 81.2 Å². The molecule has 466 valence electrons. The average Bonchev–Trinajstić information content (AvgIpc) is 1.32. The maximum Gasteiger partial charge on any atom is 0.494 e. The zero-order chi connectivity index (χ0) is 66.0. The van der Waals surface area contributed by atoms with Crippen LogP contribution in [0.3, 0.4) is 0 Å². The van der Waals surface area contributed by atoms with Crippen LogP contribution in [0.4, 0.5) is 0 Å². The molecule has 1 aliphatic heterocycles. The van der Waals surface area contributed by atoms with E-state index in [1.165, 1.54) is 25.8 Å². The fraction of sp³-hybridized carbons (Fsp3) is 0.0714. The summed E-state index contributed by atoms with van der Waals surface area (Å²) in [7, 11) is -0.391. The molecule has 0 amide bonds. The van der Waals surface area contributed by atoms with E-state index in [1.54, 1.807) is 0 Å². The Morgan fingerprint density at radius 1 is 0.250 bits per heavy atom. The van der Waals surface area contributed by atoms with Gasteiger partial charge in [-0.25, -0.2) is 29.9 Å². The second-order valence-electron chi connectivity index (χ2n) is 24.1. The second-order valence-corrected chi connectivity index (χ2v) is 27.2. The summed E-state index contributed by atoms with van der Waals surface area (Å²) in [5, 5.41) is 0. The lowest BCUT2D eigenvalue weighted by Gasteiger charge is -2.32. The van der Waals surface area contributed by atoms with Gasteiger partial charge in [0.25, 0.3) is 0 Å². The van der Waals surface area contributed by atoms with Crippen LogP contribution in [-0.2, 0) is 9.31 Å². The molecule has 2 aromatic heterocycles. The van der Waals surface area contributed by atoms with Crippen molar-refractivity contribution >= 4 is 67.0 Å². The Hall–Kier alpha value is -9.67. The van der Waals surface area contributed by atoms with E-state index in [-0.39, 0.29) is 11.2 Å². The third-order valence-corrected chi connectivity index (χ3v) is 18.8. The molecule has 96 heavy (non-hydrogen) atoms. The predicted molar refractivity (Wildman–Crippen MR) is 410 cm³/mol. The number of hydrogen-bond acceptors (Lipinski definition) is 8. The Morgan fingerprint density at radius 3 is 0.792 bits per heavy atom. The van der Waals surface area contributed by atoms with Crippen LogP contribution in [0.2, 0.25) is 0 Å². The molecular weight excluding hydrogens is 1420 g/mol. The molecule has 3 heterocycles.